The number of likely N-dealkylation sites (tertiary alicyclic amines) is 1. The van der Waals surface area contributed by atoms with Crippen molar-refractivity contribution in [2.45, 2.75) is 33.1 Å². The quantitative estimate of drug-likeness (QED) is 0.901. The highest BCUT2D eigenvalue weighted by atomic mass is 16.2. The lowest BCUT2D eigenvalue weighted by Crippen LogP contribution is -2.29. The van der Waals surface area contributed by atoms with E-state index in [1.807, 2.05) is 37.1 Å². The molecule has 1 fully saturated rings. The molecule has 3 heteroatoms. The molecular formula is C16H24N2O. The summed E-state index contributed by atoms with van der Waals surface area (Å²) < 4.78 is 0. The third-order valence-electron chi connectivity index (χ3n) is 4.02. The Hall–Kier alpha value is -1.51. The fourth-order valence-electron chi connectivity index (χ4n) is 2.89. The summed E-state index contributed by atoms with van der Waals surface area (Å²) in [7, 11) is 1.89. The summed E-state index contributed by atoms with van der Waals surface area (Å²) in [5.41, 5.74) is 2.95. The smallest absolute Gasteiger partial charge is 0.254 e. The van der Waals surface area contributed by atoms with Gasteiger partial charge in [0.05, 0.1) is 0 Å². The highest BCUT2D eigenvalue weighted by Crippen LogP contribution is 2.24. The molecule has 0 saturated carbocycles. The molecule has 0 spiro atoms. The first kappa shape index (κ1) is 13.9. The van der Waals surface area contributed by atoms with Crippen LogP contribution in [0.3, 0.4) is 0 Å². The Balaban J connectivity index is 2.08. The van der Waals surface area contributed by atoms with E-state index in [9.17, 15) is 4.79 Å². The minimum absolute atomic E-state index is 0.193. The number of rotatable bonds is 4. The fourth-order valence-corrected chi connectivity index (χ4v) is 2.89. The van der Waals surface area contributed by atoms with Crippen LogP contribution in [0.4, 0.5) is 5.69 Å². The van der Waals surface area contributed by atoms with Crippen LogP contribution in [0.5, 0.6) is 0 Å². The average molecular weight is 260 g/mol. The van der Waals surface area contributed by atoms with E-state index in [-0.39, 0.29) is 5.91 Å². The number of benzene rings is 1. The number of nitrogens with zero attached hydrogens (tertiary/aromatic N) is 1. The van der Waals surface area contributed by atoms with Gasteiger partial charge in [0.1, 0.15) is 0 Å². The molecule has 0 bridgehead atoms. The topological polar surface area (TPSA) is 32.3 Å². The third-order valence-corrected chi connectivity index (χ3v) is 4.02. The molecule has 104 valence electrons. The number of aryl methyl sites for hydroxylation is 1. The summed E-state index contributed by atoms with van der Waals surface area (Å²) >= 11 is 0. The molecule has 0 aliphatic carbocycles. The van der Waals surface area contributed by atoms with Gasteiger partial charge in [0.15, 0.2) is 0 Å². The van der Waals surface area contributed by atoms with Gasteiger partial charge >= 0.3 is 0 Å². The molecule has 3 nitrogen and oxygen atoms in total. The highest BCUT2D eigenvalue weighted by Gasteiger charge is 2.26. The van der Waals surface area contributed by atoms with Gasteiger partial charge < -0.3 is 10.2 Å². The Labute approximate surface area is 116 Å². The summed E-state index contributed by atoms with van der Waals surface area (Å²) in [5, 5.41) is 3.10. The van der Waals surface area contributed by atoms with E-state index in [4.69, 9.17) is 0 Å². The van der Waals surface area contributed by atoms with Crippen LogP contribution in [0, 0.1) is 12.8 Å². The summed E-state index contributed by atoms with van der Waals surface area (Å²) in [4.78, 5) is 14.5. The normalized spacial score (nSPS) is 18.7. The van der Waals surface area contributed by atoms with Crippen molar-refractivity contribution >= 4 is 11.6 Å². The van der Waals surface area contributed by atoms with E-state index in [0.717, 1.165) is 36.3 Å². The van der Waals surface area contributed by atoms with Gasteiger partial charge in [-0.3, -0.25) is 4.79 Å². The number of carbonyl (C=O) groups is 1. The first-order chi connectivity index (χ1) is 9.15. The number of carbonyl (C=O) groups excluding carboxylic acids is 1. The van der Waals surface area contributed by atoms with Gasteiger partial charge in [-0.2, -0.15) is 0 Å². The molecule has 1 saturated heterocycles. The zero-order valence-electron chi connectivity index (χ0n) is 12.2. The number of nitrogens with one attached hydrogen (secondary N) is 1. The molecular weight excluding hydrogens is 236 g/mol. The zero-order chi connectivity index (χ0) is 13.8. The van der Waals surface area contributed by atoms with Crippen LogP contribution in [-0.2, 0) is 0 Å². The first-order valence-corrected chi connectivity index (χ1v) is 7.23. The lowest BCUT2D eigenvalue weighted by molar-refractivity contribution is 0.0786. The average Bonchev–Trinajstić information content (AvgIpc) is 2.87. The van der Waals surface area contributed by atoms with Crippen molar-refractivity contribution in [2.75, 3.05) is 25.5 Å². The largest absolute Gasteiger partial charge is 0.388 e. The maximum absolute atomic E-state index is 12.5. The predicted octanol–water partition coefficient (Wildman–Crippen LogP) is 3.30. The van der Waals surface area contributed by atoms with Gasteiger partial charge in [-0.05, 0) is 49.4 Å². The molecule has 2 rings (SSSR count). The van der Waals surface area contributed by atoms with Crippen molar-refractivity contribution in [3.63, 3.8) is 0 Å². The molecule has 19 heavy (non-hydrogen) atoms. The molecule has 1 unspecified atom stereocenters. The van der Waals surface area contributed by atoms with E-state index in [0.29, 0.717) is 5.92 Å². The Kier molecular flexibility index (Phi) is 4.46. The third kappa shape index (κ3) is 3.09. The lowest BCUT2D eigenvalue weighted by Gasteiger charge is -2.18. The van der Waals surface area contributed by atoms with Crippen molar-refractivity contribution < 1.29 is 4.79 Å². The Morgan fingerprint density at radius 3 is 2.89 bits per heavy atom. The van der Waals surface area contributed by atoms with E-state index < -0.39 is 0 Å². The molecule has 0 aromatic heterocycles. The van der Waals surface area contributed by atoms with Crippen molar-refractivity contribution in [2.24, 2.45) is 5.92 Å². The van der Waals surface area contributed by atoms with Gasteiger partial charge in [-0.15, -0.1) is 0 Å². The van der Waals surface area contributed by atoms with Crippen LogP contribution in [0.2, 0.25) is 0 Å². The highest BCUT2D eigenvalue weighted by molar-refractivity contribution is 5.96. The van der Waals surface area contributed by atoms with Crippen LogP contribution in [-0.4, -0.2) is 30.9 Å². The second-order valence-corrected chi connectivity index (χ2v) is 5.47. The van der Waals surface area contributed by atoms with Crippen LogP contribution in [0.25, 0.3) is 0 Å². The van der Waals surface area contributed by atoms with E-state index in [2.05, 4.69) is 12.2 Å². The molecule has 1 N–H and O–H groups in total. The monoisotopic (exact) mass is 260 g/mol. The van der Waals surface area contributed by atoms with Crippen LogP contribution < -0.4 is 5.32 Å². The zero-order valence-corrected chi connectivity index (χ0v) is 12.2. The van der Waals surface area contributed by atoms with Gasteiger partial charge in [0.25, 0.3) is 5.91 Å². The number of hydrogen-bond donors (Lipinski definition) is 1. The van der Waals surface area contributed by atoms with Gasteiger partial charge in [0.2, 0.25) is 0 Å². The van der Waals surface area contributed by atoms with Crippen LogP contribution in [0.1, 0.15) is 42.1 Å². The molecule has 1 amide bonds. The summed E-state index contributed by atoms with van der Waals surface area (Å²) in [6.07, 6.45) is 3.61. The lowest BCUT2D eigenvalue weighted by atomic mass is 10.0. The Bertz CT molecular complexity index is 456. The maximum Gasteiger partial charge on any atom is 0.254 e. The number of hydrogen-bond acceptors (Lipinski definition) is 2. The molecule has 1 aliphatic rings. The van der Waals surface area contributed by atoms with E-state index >= 15 is 0 Å². The molecule has 1 aliphatic heterocycles. The Morgan fingerprint density at radius 2 is 2.26 bits per heavy atom. The number of anilines is 1. The molecule has 1 aromatic carbocycles. The van der Waals surface area contributed by atoms with Gasteiger partial charge in [-0.1, -0.05) is 13.3 Å². The van der Waals surface area contributed by atoms with Crippen LogP contribution in [0.15, 0.2) is 18.2 Å². The van der Waals surface area contributed by atoms with Crippen molar-refractivity contribution in [3.05, 3.63) is 29.3 Å². The van der Waals surface area contributed by atoms with Crippen molar-refractivity contribution in [1.29, 1.82) is 0 Å². The minimum Gasteiger partial charge on any atom is -0.388 e. The Morgan fingerprint density at radius 1 is 1.47 bits per heavy atom. The summed E-state index contributed by atoms with van der Waals surface area (Å²) in [5.74, 6) is 0.893. The molecule has 0 radical (unpaired) electrons. The predicted molar refractivity (Wildman–Crippen MR) is 79.6 cm³/mol. The first-order valence-electron chi connectivity index (χ1n) is 7.23. The van der Waals surface area contributed by atoms with E-state index in [1.165, 1.54) is 12.8 Å². The second-order valence-electron chi connectivity index (χ2n) is 5.47. The molecule has 1 aromatic rings. The van der Waals surface area contributed by atoms with Crippen molar-refractivity contribution in [3.8, 4) is 0 Å². The van der Waals surface area contributed by atoms with Crippen LogP contribution >= 0.6 is 0 Å². The summed E-state index contributed by atoms with van der Waals surface area (Å²) in [6, 6.07) is 5.95. The van der Waals surface area contributed by atoms with Crippen molar-refractivity contribution in [1.82, 2.24) is 4.90 Å². The SMILES string of the molecule is CCCC1CCN(C(=O)c2ccc(NC)cc2C)C1. The standard InChI is InChI=1S/C16H24N2O/c1-4-5-13-8-9-18(11-13)16(19)15-7-6-14(17-3)10-12(15)2/h6-7,10,13,17H,4-5,8-9,11H2,1-3H3. The fraction of sp³-hybridized carbons (Fsp3) is 0.562. The maximum atomic E-state index is 12.5. The molecule has 1 atom stereocenters. The second kappa shape index (κ2) is 6.09. The number of amides is 1. The summed E-state index contributed by atoms with van der Waals surface area (Å²) in [6.45, 7) is 6.06. The van der Waals surface area contributed by atoms with Gasteiger partial charge in [0, 0.05) is 31.4 Å². The van der Waals surface area contributed by atoms with Gasteiger partial charge in [-0.25, -0.2) is 0 Å². The minimum atomic E-state index is 0.193. The van der Waals surface area contributed by atoms with E-state index in [1.54, 1.807) is 0 Å². The molecule has 1 heterocycles.